The predicted molar refractivity (Wildman–Crippen MR) is 83.0 cm³/mol. The molecule has 0 aliphatic heterocycles. The van der Waals surface area contributed by atoms with E-state index in [1.807, 2.05) is 13.0 Å². The van der Waals surface area contributed by atoms with Crippen molar-refractivity contribution >= 4 is 43.3 Å². The zero-order valence-electron chi connectivity index (χ0n) is 11.5. The number of sulfonamides is 1. The fourth-order valence-corrected chi connectivity index (χ4v) is 3.06. The quantitative estimate of drug-likeness (QED) is 0.688. The molecule has 0 radical (unpaired) electrons. The summed E-state index contributed by atoms with van der Waals surface area (Å²) in [6, 6.07) is 2.02. The van der Waals surface area contributed by atoms with E-state index in [-0.39, 0.29) is 0 Å². The number of hydrogen-bond acceptors (Lipinski definition) is 7. The maximum atomic E-state index is 11.0. The Morgan fingerprint density at radius 3 is 2.70 bits per heavy atom. The minimum atomic E-state index is -3.16. The van der Waals surface area contributed by atoms with Crippen molar-refractivity contribution in [1.82, 2.24) is 14.7 Å². The Balaban J connectivity index is 2.15. The van der Waals surface area contributed by atoms with Gasteiger partial charge < -0.3 is 10.6 Å². The summed E-state index contributed by atoms with van der Waals surface area (Å²) in [7, 11) is -1.40. The van der Waals surface area contributed by atoms with E-state index in [0.717, 1.165) is 21.3 Å². The lowest BCUT2D eigenvalue weighted by molar-refractivity contribution is 0.589. The van der Waals surface area contributed by atoms with E-state index in [4.69, 9.17) is 0 Å². The Bertz CT molecular complexity index is 711. The first-order chi connectivity index (χ1) is 9.39. The zero-order chi connectivity index (χ0) is 14.8. The minimum Gasteiger partial charge on any atom is -0.368 e. The summed E-state index contributed by atoms with van der Waals surface area (Å²) < 4.78 is 24.4. The molecule has 7 nitrogen and oxygen atoms in total. The highest BCUT2D eigenvalue weighted by atomic mass is 32.2. The van der Waals surface area contributed by atoms with Crippen molar-refractivity contribution in [3.05, 3.63) is 10.9 Å². The van der Waals surface area contributed by atoms with Gasteiger partial charge in [-0.05, 0) is 13.0 Å². The minimum absolute atomic E-state index is 0.308. The fourth-order valence-electron chi connectivity index (χ4n) is 1.71. The number of nitrogens with zero attached hydrogens (tertiary/aromatic N) is 2. The van der Waals surface area contributed by atoms with E-state index in [9.17, 15) is 8.42 Å². The first kappa shape index (κ1) is 14.9. The molecule has 0 spiro atoms. The molecule has 0 atom stereocenters. The number of hydrogen-bond donors (Lipinski definition) is 3. The van der Waals surface area contributed by atoms with Crippen LogP contribution in [-0.2, 0) is 10.0 Å². The van der Waals surface area contributed by atoms with Crippen LogP contribution >= 0.6 is 11.3 Å². The van der Waals surface area contributed by atoms with Gasteiger partial charge in [-0.3, -0.25) is 0 Å². The highest BCUT2D eigenvalue weighted by Crippen LogP contribution is 2.29. The summed E-state index contributed by atoms with van der Waals surface area (Å²) in [6.07, 6.45) is 1.14. The van der Waals surface area contributed by atoms with Crippen molar-refractivity contribution in [2.45, 2.75) is 6.92 Å². The summed E-state index contributed by atoms with van der Waals surface area (Å²) in [5.41, 5.74) is 0. The molecule has 0 aromatic carbocycles. The first-order valence-corrected chi connectivity index (χ1v) is 8.74. The van der Waals surface area contributed by atoms with Crippen LogP contribution in [0.2, 0.25) is 0 Å². The van der Waals surface area contributed by atoms with E-state index < -0.39 is 10.0 Å². The molecule has 0 amide bonds. The Kier molecular flexibility index (Phi) is 4.41. The van der Waals surface area contributed by atoms with Crippen LogP contribution in [0, 0.1) is 6.92 Å². The molecule has 2 heterocycles. The van der Waals surface area contributed by atoms with Crippen LogP contribution < -0.4 is 15.4 Å². The van der Waals surface area contributed by atoms with Gasteiger partial charge in [-0.2, -0.15) is 4.98 Å². The average Bonchev–Trinajstić information content (AvgIpc) is 2.73. The van der Waals surface area contributed by atoms with Crippen molar-refractivity contribution in [2.75, 3.05) is 37.0 Å². The second-order valence-electron chi connectivity index (χ2n) is 4.31. The van der Waals surface area contributed by atoms with Crippen LogP contribution in [0.5, 0.6) is 0 Å². The van der Waals surface area contributed by atoms with E-state index >= 15 is 0 Å². The summed E-state index contributed by atoms with van der Waals surface area (Å²) in [5, 5.41) is 7.00. The van der Waals surface area contributed by atoms with E-state index in [2.05, 4.69) is 25.3 Å². The highest BCUT2D eigenvalue weighted by molar-refractivity contribution is 7.88. The Hall–Kier alpha value is -1.45. The molecule has 3 N–H and O–H groups in total. The monoisotopic (exact) mass is 315 g/mol. The molecule has 9 heteroatoms. The maximum absolute atomic E-state index is 11.0. The van der Waals surface area contributed by atoms with Gasteiger partial charge in [0.2, 0.25) is 16.0 Å². The molecule has 2 aromatic rings. The first-order valence-electron chi connectivity index (χ1n) is 6.03. The van der Waals surface area contributed by atoms with Crippen LogP contribution in [0.15, 0.2) is 6.07 Å². The number of aromatic nitrogens is 2. The fraction of sp³-hybridized carbons (Fsp3) is 0.455. The van der Waals surface area contributed by atoms with Crippen molar-refractivity contribution in [2.24, 2.45) is 0 Å². The van der Waals surface area contributed by atoms with Gasteiger partial charge in [0.05, 0.1) is 11.6 Å². The van der Waals surface area contributed by atoms with Crippen LogP contribution in [0.25, 0.3) is 10.2 Å². The molecule has 110 valence electrons. The predicted octanol–water partition coefficient (Wildman–Crippen LogP) is 1.00. The average molecular weight is 315 g/mol. The Morgan fingerprint density at radius 2 is 2.05 bits per heavy atom. The lowest BCUT2D eigenvalue weighted by atomic mass is 10.3. The topological polar surface area (TPSA) is 96.0 Å². The molecular weight excluding hydrogens is 298 g/mol. The third kappa shape index (κ3) is 3.78. The second kappa shape index (κ2) is 5.90. The SMILES string of the molecule is CNc1nc(NCCNS(C)(=O)=O)c2cc(C)sc2n1. The van der Waals surface area contributed by atoms with Gasteiger partial charge in [0.15, 0.2) is 0 Å². The normalized spacial score (nSPS) is 11.8. The molecule has 0 bridgehead atoms. The lowest BCUT2D eigenvalue weighted by Gasteiger charge is -2.08. The summed E-state index contributed by atoms with van der Waals surface area (Å²) >= 11 is 1.60. The number of rotatable bonds is 6. The summed E-state index contributed by atoms with van der Waals surface area (Å²) in [5.74, 6) is 1.25. The standard InChI is InChI=1S/C11H17N5O2S2/c1-7-6-8-9(13-4-5-14-20(3,17)18)15-11(12-2)16-10(8)19-7/h6,14H,4-5H2,1-3H3,(H2,12,13,15,16). The molecule has 0 fully saturated rings. The van der Waals surface area contributed by atoms with Crippen molar-refractivity contribution in [3.63, 3.8) is 0 Å². The number of thiophene rings is 1. The van der Waals surface area contributed by atoms with E-state index in [1.165, 1.54) is 0 Å². The number of fused-ring (bicyclic) bond motifs is 1. The lowest BCUT2D eigenvalue weighted by Crippen LogP contribution is -2.27. The summed E-state index contributed by atoms with van der Waals surface area (Å²) in [4.78, 5) is 10.8. The number of aryl methyl sites for hydroxylation is 1. The van der Waals surface area contributed by atoms with Crippen molar-refractivity contribution in [1.29, 1.82) is 0 Å². The molecule has 2 rings (SSSR count). The molecule has 0 saturated heterocycles. The van der Waals surface area contributed by atoms with Gasteiger partial charge in [-0.25, -0.2) is 18.1 Å². The van der Waals surface area contributed by atoms with Gasteiger partial charge in [0.25, 0.3) is 0 Å². The number of nitrogens with one attached hydrogen (secondary N) is 3. The smallest absolute Gasteiger partial charge is 0.225 e. The molecule has 0 saturated carbocycles. The van der Waals surface area contributed by atoms with Crippen LogP contribution in [-0.4, -0.2) is 44.8 Å². The summed E-state index contributed by atoms with van der Waals surface area (Å²) in [6.45, 7) is 2.78. The Morgan fingerprint density at radius 1 is 1.30 bits per heavy atom. The molecule has 2 aromatic heterocycles. The van der Waals surface area contributed by atoms with Crippen LogP contribution in [0.1, 0.15) is 4.88 Å². The molecule has 0 unspecified atom stereocenters. The maximum Gasteiger partial charge on any atom is 0.225 e. The van der Waals surface area contributed by atoms with Crippen molar-refractivity contribution < 1.29 is 8.42 Å². The van der Waals surface area contributed by atoms with Gasteiger partial charge >= 0.3 is 0 Å². The molecule has 0 aliphatic rings. The third-order valence-corrected chi connectivity index (χ3v) is 4.19. The zero-order valence-corrected chi connectivity index (χ0v) is 13.2. The largest absolute Gasteiger partial charge is 0.368 e. The van der Waals surface area contributed by atoms with Crippen LogP contribution in [0.3, 0.4) is 0 Å². The molecular formula is C11H17N5O2S2. The number of anilines is 2. The molecule has 0 aliphatic carbocycles. The highest BCUT2D eigenvalue weighted by Gasteiger charge is 2.09. The van der Waals surface area contributed by atoms with Crippen LogP contribution in [0.4, 0.5) is 11.8 Å². The van der Waals surface area contributed by atoms with Gasteiger partial charge in [0.1, 0.15) is 10.6 Å². The van der Waals surface area contributed by atoms with Gasteiger partial charge in [-0.15, -0.1) is 11.3 Å². The van der Waals surface area contributed by atoms with Crippen molar-refractivity contribution in [3.8, 4) is 0 Å². The van der Waals surface area contributed by atoms with E-state index in [0.29, 0.717) is 24.9 Å². The molecule has 20 heavy (non-hydrogen) atoms. The third-order valence-electron chi connectivity index (χ3n) is 2.52. The Labute approximate surface area is 121 Å². The van der Waals surface area contributed by atoms with Gasteiger partial charge in [-0.1, -0.05) is 0 Å². The second-order valence-corrected chi connectivity index (χ2v) is 7.38. The van der Waals surface area contributed by atoms with Gasteiger partial charge in [0, 0.05) is 25.0 Å². The van der Waals surface area contributed by atoms with E-state index in [1.54, 1.807) is 18.4 Å².